The van der Waals surface area contributed by atoms with E-state index in [2.05, 4.69) is 0 Å². The lowest BCUT2D eigenvalue weighted by Gasteiger charge is -2.26. The molecule has 0 aliphatic heterocycles. The molecule has 0 saturated heterocycles. The number of ether oxygens (including phenoxy) is 2. The van der Waals surface area contributed by atoms with Gasteiger partial charge in [-0.2, -0.15) is 0 Å². The average Bonchev–Trinajstić information content (AvgIpc) is 2.95. The second-order valence-corrected chi connectivity index (χ2v) is 6.15. The second kappa shape index (κ2) is 7.68. The molecule has 0 spiro atoms. The molecule has 0 saturated carbocycles. The van der Waals surface area contributed by atoms with Crippen LogP contribution in [0, 0.1) is 0 Å². The molecule has 2 aromatic rings. The second-order valence-electron chi connectivity index (χ2n) is 6.15. The molecular formula is C20H23NO4. The van der Waals surface area contributed by atoms with Crippen LogP contribution in [0.25, 0.3) is 11.1 Å². The minimum atomic E-state index is -0.450. The van der Waals surface area contributed by atoms with E-state index in [1.807, 2.05) is 55.5 Å². The highest BCUT2D eigenvalue weighted by molar-refractivity contribution is 5.79. The minimum absolute atomic E-state index is 0.122. The van der Waals surface area contributed by atoms with Crippen molar-refractivity contribution in [2.24, 2.45) is 0 Å². The first-order valence-corrected chi connectivity index (χ1v) is 8.43. The highest BCUT2D eigenvalue weighted by Crippen LogP contribution is 2.45. The van der Waals surface area contributed by atoms with E-state index in [9.17, 15) is 9.90 Å². The van der Waals surface area contributed by atoms with Gasteiger partial charge in [-0.05, 0) is 18.1 Å². The van der Waals surface area contributed by atoms with E-state index in [1.54, 1.807) is 7.11 Å². The van der Waals surface area contributed by atoms with Crippen molar-refractivity contribution in [3.05, 3.63) is 59.7 Å². The van der Waals surface area contributed by atoms with Crippen molar-refractivity contribution >= 4 is 6.09 Å². The van der Waals surface area contributed by atoms with Gasteiger partial charge in [0, 0.05) is 31.3 Å². The summed E-state index contributed by atoms with van der Waals surface area (Å²) in [5, 5.41) is 9.26. The Morgan fingerprint density at radius 1 is 1.12 bits per heavy atom. The van der Waals surface area contributed by atoms with E-state index >= 15 is 0 Å². The first kappa shape index (κ1) is 17.5. The van der Waals surface area contributed by atoms with Crippen molar-refractivity contribution in [1.82, 2.24) is 4.90 Å². The zero-order chi connectivity index (χ0) is 17.8. The van der Waals surface area contributed by atoms with Crippen LogP contribution in [-0.2, 0) is 9.47 Å². The van der Waals surface area contributed by atoms with Gasteiger partial charge in [0.05, 0.1) is 12.7 Å². The summed E-state index contributed by atoms with van der Waals surface area (Å²) < 4.78 is 11.1. The van der Waals surface area contributed by atoms with Crippen LogP contribution in [0.3, 0.4) is 0 Å². The predicted octanol–water partition coefficient (Wildman–Crippen LogP) is 3.22. The van der Waals surface area contributed by atoms with Crippen LogP contribution < -0.4 is 0 Å². The van der Waals surface area contributed by atoms with E-state index in [0.29, 0.717) is 6.54 Å². The molecule has 0 fully saturated rings. The Morgan fingerprint density at radius 2 is 1.68 bits per heavy atom. The highest BCUT2D eigenvalue weighted by atomic mass is 16.6. The fraction of sp³-hybridized carbons (Fsp3) is 0.350. The normalized spacial score (nSPS) is 13.9. The number of amides is 1. The maximum atomic E-state index is 12.7. The zero-order valence-corrected chi connectivity index (χ0v) is 14.5. The van der Waals surface area contributed by atoms with E-state index in [4.69, 9.17) is 9.47 Å². The number of methoxy groups -OCH3 is 1. The number of rotatable bonds is 6. The predicted molar refractivity (Wildman–Crippen MR) is 95.3 cm³/mol. The van der Waals surface area contributed by atoms with Crippen LogP contribution in [0.5, 0.6) is 0 Å². The summed E-state index contributed by atoms with van der Waals surface area (Å²) in [4.78, 5) is 14.2. The van der Waals surface area contributed by atoms with Crippen molar-refractivity contribution in [1.29, 1.82) is 0 Å². The highest BCUT2D eigenvalue weighted by Gasteiger charge is 2.32. The number of hydrogen-bond acceptors (Lipinski definition) is 4. The van der Waals surface area contributed by atoms with Gasteiger partial charge in [-0.25, -0.2) is 4.79 Å². The first-order chi connectivity index (χ1) is 12.2. The van der Waals surface area contributed by atoms with Crippen LogP contribution in [-0.4, -0.2) is 49.0 Å². The molecule has 1 unspecified atom stereocenters. The van der Waals surface area contributed by atoms with Gasteiger partial charge in [0.1, 0.15) is 0 Å². The zero-order valence-electron chi connectivity index (χ0n) is 14.5. The average molecular weight is 341 g/mol. The summed E-state index contributed by atoms with van der Waals surface area (Å²) in [6.45, 7) is 2.33. The third kappa shape index (κ3) is 3.52. The summed E-state index contributed by atoms with van der Waals surface area (Å²) in [5.74, 6) is 0. The summed E-state index contributed by atoms with van der Waals surface area (Å²) >= 11 is 0. The smallest absolute Gasteiger partial charge is 0.410 e. The number of benzene rings is 2. The molecule has 5 heteroatoms. The number of hydrogen-bond donors (Lipinski definition) is 1. The van der Waals surface area contributed by atoms with Crippen molar-refractivity contribution in [3.8, 4) is 11.1 Å². The number of carbonyl (C=O) groups is 1. The lowest BCUT2D eigenvalue weighted by atomic mass is 10.1. The van der Waals surface area contributed by atoms with Gasteiger partial charge < -0.3 is 19.5 Å². The molecule has 0 heterocycles. The van der Waals surface area contributed by atoms with Gasteiger partial charge in [-0.15, -0.1) is 0 Å². The van der Waals surface area contributed by atoms with Gasteiger partial charge in [-0.1, -0.05) is 48.5 Å². The number of nitrogens with zero attached hydrogens (tertiary/aromatic N) is 1. The molecule has 132 valence electrons. The number of aliphatic hydroxyl groups is 1. The molecule has 0 aromatic heterocycles. The third-order valence-electron chi connectivity index (χ3n) is 4.50. The fourth-order valence-electron chi connectivity index (χ4n) is 3.17. The summed E-state index contributed by atoms with van der Waals surface area (Å²) in [5.41, 5.74) is 4.16. The standard InChI is InChI=1S/C20H23NO4/c1-14(24-2)13-21(11-12-22)20(23)25-19-17-9-5-3-7-15(17)16-8-4-6-10-18(16)19/h3-10,14,19,22H,11-13H2,1-2H3. The Labute approximate surface area is 147 Å². The van der Waals surface area contributed by atoms with Gasteiger partial charge in [0.15, 0.2) is 6.10 Å². The lowest BCUT2D eigenvalue weighted by molar-refractivity contribution is 0.0410. The van der Waals surface area contributed by atoms with Gasteiger partial charge in [0.2, 0.25) is 0 Å². The molecular weight excluding hydrogens is 318 g/mol. The maximum Gasteiger partial charge on any atom is 0.410 e. The third-order valence-corrected chi connectivity index (χ3v) is 4.50. The van der Waals surface area contributed by atoms with Crippen molar-refractivity contribution < 1.29 is 19.4 Å². The van der Waals surface area contributed by atoms with Crippen LogP contribution >= 0.6 is 0 Å². The monoisotopic (exact) mass is 341 g/mol. The first-order valence-electron chi connectivity index (χ1n) is 8.43. The van der Waals surface area contributed by atoms with Crippen molar-refractivity contribution in [3.63, 3.8) is 0 Å². The van der Waals surface area contributed by atoms with E-state index in [-0.39, 0.29) is 19.3 Å². The van der Waals surface area contributed by atoms with E-state index in [0.717, 1.165) is 22.3 Å². The van der Waals surface area contributed by atoms with E-state index in [1.165, 1.54) is 4.90 Å². The molecule has 1 N–H and O–H groups in total. The van der Waals surface area contributed by atoms with Gasteiger partial charge in [0.25, 0.3) is 0 Å². The SMILES string of the molecule is COC(C)CN(CCO)C(=O)OC1c2ccccc2-c2ccccc21. The van der Waals surface area contributed by atoms with Gasteiger partial charge >= 0.3 is 6.09 Å². The molecule has 0 bridgehead atoms. The van der Waals surface area contributed by atoms with Crippen LogP contribution in [0.2, 0.25) is 0 Å². The van der Waals surface area contributed by atoms with Crippen molar-refractivity contribution in [2.45, 2.75) is 19.1 Å². The Hall–Kier alpha value is -2.37. The lowest BCUT2D eigenvalue weighted by Crippen LogP contribution is -2.39. The molecule has 1 amide bonds. The van der Waals surface area contributed by atoms with Crippen LogP contribution in [0.4, 0.5) is 4.79 Å². The molecule has 5 nitrogen and oxygen atoms in total. The molecule has 25 heavy (non-hydrogen) atoms. The minimum Gasteiger partial charge on any atom is -0.436 e. The Morgan fingerprint density at radius 3 is 2.20 bits per heavy atom. The Bertz CT molecular complexity index is 700. The van der Waals surface area contributed by atoms with Gasteiger partial charge in [-0.3, -0.25) is 0 Å². The molecule has 2 aromatic carbocycles. The number of fused-ring (bicyclic) bond motifs is 3. The summed E-state index contributed by atoms with van der Waals surface area (Å²) in [6, 6.07) is 15.9. The summed E-state index contributed by atoms with van der Waals surface area (Å²) in [7, 11) is 1.59. The Balaban J connectivity index is 1.85. The van der Waals surface area contributed by atoms with Crippen LogP contribution in [0.1, 0.15) is 24.2 Å². The largest absolute Gasteiger partial charge is 0.436 e. The molecule has 3 rings (SSSR count). The number of carbonyl (C=O) groups excluding carboxylic acids is 1. The van der Waals surface area contributed by atoms with Crippen molar-refractivity contribution in [2.75, 3.05) is 26.8 Å². The van der Waals surface area contributed by atoms with Crippen LogP contribution in [0.15, 0.2) is 48.5 Å². The molecule has 1 aliphatic rings. The topological polar surface area (TPSA) is 59.0 Å². The maximum absolute atomic E-state index is 12.7. The quantitative estimate of drug-likeness (QED) is 0.876. The fourth-order valence-corrected chi connectivity index (χ4v) is 3.17. The Kier molecular flexibility index (Phi) is 5.36. The van der Waals surface area contributed by atoms with E-state index < -0.39 is 12.2 Å². The molecule has 1 atom stereocenters. The number of aliphatic hydroxyl groups excluding tert-OH is 1. The molecule has 0 radical (unpaired) electrons. The molecule has 1 aliphatic carbocycles. The summed E-state index contributed by atoms with van der Waals surface area (Å²) in [6.07, 6.45) is -1.02.